The number of ether oxygens (including phenoxy) is 1. The van der Waals surface area contributed by atoms with Gasteiger partial charge in [-0.3, -0.25) is 9.48 Å². The highest BCUT2D eigenvalue weighted by molar-refractivity contribution is 5.92. The third kappa shape index (κ3) is 4.26. The maximum absolute atomic E-state index is 12.3. The second-order valence-electron chi connectivity index (χ2n) is 5.74. The molecule has 128 valence electrons. The summed E-state index contributed by atoms with van der Waals surface area (Å²) in [5.74, 6) is 1.39. The second kappa shape index (κ2) is 7.66. The maximum atomic E-state index is 12.3. The van der Waals surface area contributed by atoms with Gasteiger partial charge in [-0.15, -0.1) is 0 Å². The molecule has 5 heteroatoms. The van der Waals surface area contributed by atoms with E-state index in [2.05, 4.69) is 10.4 Å². The number of aryl methyl sites for hydroxylation is 2. The molecule has 1 aromatic heterocycles. The van der Waals surface area contributed by atoms with Gasteiger partial charge in [-0.2, -0.15) is 5.10 Å². The number of para-hydroxylation sites is 1. The minimum atomic E-state index is -0.135. The summed E-state index contributed by atoms with van der Waals surface area (Å²) in [5.41, 5.74) is 2.44. The maximum Gasteiger partial charge on any atom is 0.269 e. The van der Waals surface area contributed by atoms with Gasteiger partial charge in [0, 0.05) is 13.6 Å². The predicted molar refractivity (Wildman–Crippen MR) is 96.7 cm³/mol. The molecule has 0 radical (unpaired) electrons. The fourth-order valence-corrected chi connectivity index (χ4v) is 2.53. The molecule has 0 aliphatic rings. The Kier molecular flexibility index (Phi) is 5.14. The number of nitrogens with one attached hydrogen (secondary N) is 1. The zero-order valence-electron chi connectivity index (χ0n) is 14.4. The zero-order valence-corrected chi connectivity index (χ0v) is 14.4. The highest BCUT2D eigenvalue weighted by Gasteiger charge is 2.12. The van der Waals surface area contributed by atoms with E-state index in [1.165, 1.54) is 0 Å². The molecular weight excluding hydrogens is 314 g/mol. The van der Waals surface area contributed by atoms with Crippen molar-refractivity contribution in [2.24, 2.45) is 7.05 Å². The number of amides is 1. The Balaban J connectivity index is 1.64. The van der Waals surface area contributed by atoms with Crippen LogP contribution >= 0.6 is 0 Å². The lowest BCUT2D eigenvalue weighted by Gasteiger charge is -2.09. The quantitative estimate of drug-likeness (QED) is 0.747. The van der Waals surface area contributed by atoms with Crippen LogP contribution < -0.4 is 10.1 Å². The summed E-state index contributed by atoms with van der Waals surface area (Å²) in [4.78, 5) is 12.3. The molecule has 0 spiro atoms. The first-order chi connectivity index (χ1) is 12.2. The van der Waals surface area contributed by atoms with Crippen molar-refractivity contribution in [2.75, 3.05) is 0 Å². The van der Waals surface area contributed by atoms with Gasteiger partial charge in [-0.05, 0) is 42.3 Å². The third-order valence-corrected chi connectivity index (χ3v) is 3.86. The van der Waals surface area contributed by atoms with Gasteiger partial charge in [-0.25, -0.2) is 0 Å². The van der Waals surface area contributed by atoms with Gasteiger partial charge in [0.1, 0.15) is 17.2 Å². The van der Waals surface area contributed by atoms with Crippen LogP contribution in [0.25, 0.3) is 0 Å². The van der Waals surface area contributed by atoms with Gasteiger partial charge in [0.2, 0.25) is 0 Å². The third-order valence-electron chi connectivity index (χ3n) is 3.86. The van der Waals surface area contributed by atoms with Crippen LogP contribution in [0.2, 0.25) is 0 Å². The van der Waals surface area contributed by atoms with Crippen LogP contribution in [0, 0.1) is 0 Å². The minimum Gasteiger partial charge on any atom is -0.457 e. The molecule has 0 bridgehead atoms. The Labute approximate surface area is 147 Å². The van der Waals surface area contributed by atoms with Gasteiger partial charge in [-0.1, -0.05) is 37.3 Å². The molecule has 1 amide bonds. The fraction of sp³-hybridized carbons (Fsp3) is 0.200. The molecule has 25 heavy (non-hydrogen) atoms. The summed E-state index contributed by atoms with van der Waals surface area (Å²) in [5, 5.41) is 7.23. The lowest BCUT2D eigenvalue weighted by molar-refractivity contribution is 0.0941. The van der Waals surface area contributed by atoms with Crippen LogP contribution in [0.3, 0.4) is 0 Å². The average Bonchev–Trinajstić information content (AvgIpc) is 3.02. The van der Waals surface area contributed by atoms with E-state index in [0.29, 0.717) is 12.2 Å². The average molecular weight is 335 g/mol. The summed E-state index contributed by atoms with van der Waals surface area (Å²) in [7, 11) is 1.78. The van der Waals surface area contributed by atoms with E-state index >= 15 is 0 Å². The molecule has 0 aliphatic heterocycles. The van der Waals surface area contributed by atoms with Crippen LogP contribution in [0.1, 0.15) is 28.7 Å². The highest BCUT2D eigenvalue weighted by Crippen LogP contribution is 2.21. The molecule has 0 saturated heterocycles. The van der Waals surface area contributed by atoms with Crippen LogP contribution in [0.5, 0.6) is 11.5 Å². The van der Waals surface area contributed by atoms with Gasteiger partial charge < -0.3 is 10.1 Å². The summed E-state index contributed by atoms with van der Waals surface area (Å²) < 4.78 is 7.43. The van der Waals surface area contributed by atoms with Gasteiger partial charge in [0.15, 0.2) is 0 Å². The SMILES string of the molecule is CCc1cc(C(=O)NCc2cccc(Oc3ccccc3)c2)n(C)n1. The van der Waals surface area contributed by atoms with E-state index < -0.39 is 0 Å². The Bertz CT molecular complexity index is 856. The number of nitrogens with zero attached hydrogens (tertiary/aromatic N) is 2. The van der Waals surface area contributed by atoms with E-state index in [4.69, 9.17) is 4.74 Å². The first-order valence-corrected chi connectivity index (χ1v) is 8.28. The van der Waals surface area contributed by atoms with Crippen molar-refractivity contribution in [1.82, 2.24) is 15.1 Å². The van der Waals surface area contributed by atoms with Crippen molar-refractivity contribution in [3.63, 3.8) is 0 Å². The number of hydrogen-bond donors (Lipinski definition) is 1. The predicted octanol–water partition coefficient (Wildman–Crippen LogP) is 3.70. The summed E-state index contributed by atoms with van der Waals surface area (Å²) in [6.07, 6.45) is 0.806. The smallest absolute Gasteiger partial charge is 0.269 e. The van der Waals surface area contributed by atoms with Crippen molar-refractivity contribution in [3.8, 4) is 11.5 Å². The molecule has 3 aromatic rings. The molecule has 0 atom stereocenters. The molecular formula is C20H21N3O2. The highest BCUT2D eigenvalue weighted by atomic mass is 16.5. The van der Waals surface area contributed by atoms with E-state index in [9.17, 15) is 4.79 Å². The normalized spacial score (nSPS) is 10.5. The first kappa shape index (κ1) is 16.8. The molecule has 1 heterocycles. The van der Waals surface area contributed by atoms with Crippen molar-refractivity contribution in [1.29, 1.82) is 0 Å². The number of carbonyl (C=O) groups is 1. The van der Waals surface area contributed by atoms with E-state index in [1.54, 1.807) is 11.7 Å². The van der Waals surface area contributed by atoms with Crippen LogP contribution in [0.15, 0.2) is 60.7 Å². The lowest BCUT2D eigenvalue weighted by atomic mass is 10.2. The monoisotopic (exact) mass is 335 g/mol. The van der Waals surface area contributed by atoms with Gasteiger partial charge in [0.05, 0.1) is 5.69 Å². The van der Waals surface area contributed by atoms with Crippen molar-refractivity contribution >= 4 is 5.91 Å². The molecule has 1 N–H and O–H groups in total. The summed E-state index contributed by atoms with van der Waals surface area (Å²) in [6, 6.07) is 19.1. The molecule has 0 fully saturated rings. The van der Waals surface area contributed by atoms with Crippen molar-refractivity contribution in [2.45, 2.75) is 19.9 Å². The Morgan fingerprint density at radius 2 is 1.84 bits per heavy atom. The van der Waals surface area contributed by atoms with Crippen LogP contribution in [-0.4, -0.2) is 15.7 Å². The molecule has 5 nitrogen and oxygen atoms in total. The Hall–Kier alpha value is -3.08. The largest absolute Gasteiger partial charge is 0.457 e. The molecule has 0 aliphatic carbocycles. The molecule has 2 aromatic carbocycles. The Morgan fingerprint density at radius 3 is 2.56 bits per heavy atom. The van der Waals surface area contributed by atoms with Crippen LogP contribution in [-0.2, 0) is 20.0 Å². The minimum absolute atomic E-state index is 0.135. The lowest BCUT2D eigenvalue weighted by Crippen LogP contribution is -2.25. The summed E-state index contributed by atoms with van der Waals surface area (Å²) in [6.45, 7) is 2.44. The Morgan fingerprint density at radius 1 is 1.08 bits per heavy atom. The standard InChI is InChI=1S/C20H21N3O2/c1-3-16-13-19(23(2)22-16)20(24)21-14-15-8-7-11-18(12-15)25-17-9-5-4-6-10-17/h4-13H,3,14H2,1-2H3,(H,21,24). The summed E-state index contributed by atoms with van der Waals surface area (Å²) >= 11 is 0. The molecule has 0 saturated carbocycles. The number of rotatable bonds is 6. The molecule has 0 unspecified atom stereocenters. The first-order valence-electron chi connectivity index (χ1n) is 8.28. The van der Waals surface area contributed by atoms with E-state index in [-0.39, 0.29) is 5.91 Å². The van der Waals surface area contributed by atoms with E-state index in [0.717, 1.165) is 29.2 Å². The second-order valence-corrected chi connectivity index (χ2v) is 5.74. The van der Waals surface area contributed by atoms with Gasteiger partial charge in [0.25, 0.3) is 5.91 Å². The zero-order chi connectivity index (χ0) is 17.6. The number of aromatic nitrogens is 2. The topological polar surface area (TPSA) is 56.1 Å². The van der Waals surface area contributed by atoms with Crippen LogP contribution in [0.4, 0.5) is 0 Å². The van der Waals surface area contributed by atoms with Crippen molar-refractivity contribution < 1.29 is 9.53 Å². The number of carbonyl (C=O) groups excluding carboxylic acids is 1. The fourth-order valence-electron chi connectivity index (χ4n) is 2.53. The van der Waals surface area contributed by atoms with Gasteiger partial charge >= 0.3 is 0 Å². The molecule has 3 rings (SSSR count). The number of benzene rings is 2. The number of hydrogen-bond acceptors (Lipinski definition) is 3. The van der Waals surface area contributed by atoms with E-state index in [1.807, 2.05) is 67.6 Å². The van der Waals surface area contributed by atoms with Crippen molar-refractivity contribution in [3.05, 3.63) is 77.6 Å².